The molecule has 0 aliphatic heterocycles. The van der Waals surface area contributed by atoms with Gasteiger partial charge in [-0.2, -0.15) is 10.1 Å². The molecule has 0 spiro atoms. The van der Waals surface area contributed by atoms with Crippen molar-refractivity contribution in [2.24, 2.45) is 0 Å². The van der Waals surface area contributed by atoms with Crippen LogP contribution in [0, 0.1) is 0 Å². The Morgan fingerprint density at radius 3 is 3.00 bits per heavy atom. The van der Waals surface area contributed by atoms with Gasteiger partial charge in [-0.1, -0.05) is 11.2 Å². The van der Waals surface area contributed by atoms with Crippen LogP contribution in [0.4, 0.5) is 0 Å². The molecule has 0 aliphatic carbocycles. The van der Waals surface area contributed by atoms with Crippen LogP contribution in [0.1, 0.15) is 10.4 Å². The lowest BCUT2D eigenvalue weighted by molar-refractivity contribution is 0.0697. The fourth-order valence-corrected chi connectivity index (χ4v) is 1.54. The number of H-pyrrole nitrogens is 1. The van der Waals surface area contributed by atoms with Gasteiger partial charge in [0.2, 0.25) is 5.82 Å². The number of rotatable bonds is 3. The van der Waals surface area contributed by atoms with Gasteiger partial charge in [-0.05, 0) is 18.2 Å². The number of hydrogen-bond donors (Lipinski definition) is 2. The van der Waals surface area contributed by atoms with Crippen LogP contribution in [0.2, 0.25) is 0 Å². The van der Waals surface area contributed by atoms with Crippen molar-refractivity contribution in [3.63, 3.8) is 0 Å². The van der Waals surface area contributed by atoms with Crippen molar-refractivity contribution < 1.29 is 14.4 Å². The van der Waals surface area contributed by atoms with E-state index in [0.29, 0.717) is 11.4 Å². The molecule has 0 atom stereocenters. The van der Waals surface area contributed by atoms with Crippen molar-refractivity contribution in [2.75, 3.05) is 0 Å². The van der Waals surface area contributed by atoms with E-state index in [9.17, 15) is 4.79 Å². The number of benzene rings is 1. The molecular weight excluding hydrogens is 250 g/mol. The second-order valence-corrected chi connectivity index (χ2v) is 3.64. The largest absolute Gasteiger partial charge is 0.478 e. The minimum atomic E-state index is -1.02. The number of carboxylic acids is 1. The highest BCUT2D eigenvalue weighted by molar-refractivity contribution is 5.88. The lowest BCUT2D eigenvalue weighted by atomic mass is 10.1. The summed E-state index contributed by atoms with van der Waals surface area (Å²) in [6.07, 6.45) is 1.33. The van der Waals surface area contributed by atoms with E-state index in [0.717, 1.165) is 0 Å². The van der Waals surface area contributed by atoms with Crippen LogP contribution in [-0.2, 0) is 0 Å². The molecule has 0 fully saturated rings. The molecule has 0 radical (unpaired) electrons. The number of hydrogen-bond acceptors (Lipinski definition) is 6. The zero-order chi connectivity index (χ0) is 13.2. The molecule has 19 heavy (non-hydrogen) atoms. The maximum atomic E-state index is 10.9. The first-order chi connectivity index (χ1) is 9.24. The van der Waals surface area contributed by atoms with E-state index < -0.39 is 5.97 Å². The Balaban J connectivity index is 1.99. The van der Waals surface area contributed by atoms with Gasteiger partial charge in [-0.15, -0.1) is 0 Å². The third kappa shape index (κ3) is 2.06. The Morgan fingerprint density at radius 2 is 2.26 bits per heavy atom. The van der Waals surface area contributed by atoms with Crippen LogP contribution in [-0.4, -0.2) is 36.4 Å². The van der Waals surface area contributed by atoms with Gasteiger partial charge in [0.15, 0.2) is 5.82 Å². The molecule has 0 amide bonds. The minimum Gasteiger partial charge on any atom is -0.478 e. The van der Waals surface area contributed by atoms with Crippen molar-refractivity contribution in [3.05, 3.63) is 36.2 Å². The van der Waals surface area contributed by atoms with Gasteiger partial charge >= 0.3 is 5.97 Å². The third-order valence-corrected chi connectivity index (χ3v) is 2.41. The number of aromatic amines is 1. The molecule has 8 heteroatoms. The molecule has 94 valence electrons. The molecule has 0 saturated carbocycles. The molecule has 0 bridgehead atoms. The molecular formula is C11H7N5O3. The maximum absolute atomic E-state index is 10.9. The highest BCUT2D eigenvalue weighted by Gasteiger charge is 2.13. The predicted octanol–water partition coefficient (Wildman–Crippen LogP) is 1.22. The first-order valence-electron chi connectivity index (χ1n) is 5.27. The van der Waals surface area contributed by atoms with Crippen LogP contribution in [0.3, 0.4) is 0 Å². The van der Waals surface area contributed by atoms with Crippen molar-refractivity contribution in [1.29, 1.82) is 0 Å². The number of nitrogens with zero attached hydrogens (tertiary/aromatic N) is 4. The summed E-state index contributed by atoms with van der Waals surface area (Å²) in [5, 5.41) is 19.0. The average Bonchev–Trinajstić information content (AvgIpc) is 3.09. The Bertz CT molecular complexity index is 720. The zero-order valence-electron chi connectivity index (χ0n) is 9.44. The third-order valence-electron chi connectivity index (χ3n) is 2.41. The second kappa shape index (κ2) is 4.33. The Hall–Kier alpha value is -3.03. The first kappa shape index (κ1) is 11.1. The summed E-state index contributed by atoms with van der Waals surface area (Å²) in [7, 11) is 0. The van der Waals surface area contributed by atoms with E-state index in [1.54, 1.807) is 12.1 Å². The van der Waals surface area contributed by atoms with Gasteiger partial charge in [-0.25, -0.2) is 9.78 Å². The quantitative estimate of drug-likeness (QED) is 0.724. The van der Waals surface area contributed by atoms with Crippen molar-refractivity contribution >= 4 is 5.97 Å². The molecule has 0 saturated heterocycles. The number of carboxylic acid groups (broad SMARTS) is 1. The molecule has 0 aliphatic rings. The summed E-state index contributed by atoms with van der Waals surface area (Å²) < 4.78 is 5.07. The standard InChI is InChI=1S/C11H7N5O3/c17-11(18)7-3-1-2-6(4-7)10-14-9(16-19-10)8-12-5-13-15-8/h1-5H,(H,17,18)(H,12,13,15). The number of aromatic carboxylic acids is 1. The first-order valence-corrected chi connectivity index (χ1v) is 5.27. The molecule has 2 heterocycles. The molecule has 2 N–H and O–H groups in total. The summed E-state index contributed by atoms with van der Waals surface area (Å²) in [5.74, 6) is -0.163. The van der Waals surface area contributed by atoms with Crippen LogP contribution < -0.4 is 0 Å². The second-order valence-electron chi connectivity index (χ2n) is 3.64. The van der Waals surface area contributed by atoms with Gasteiger partial charge in [0, 0.05) is 5.56 Å². The Kier molecular flexibility index (Phi) is 2.53. The lowest BCUT2D eigenvalue weighted by Crippen LogP contribution is -1.95. The highest BCUT2D eigenvalue weighted by atomic mass is 16.5. The van der Waals surface area contributed by atoms with E-state index in [1.165, 1.54) is 18.5 Å². The topological polar surface area (TPSA) is 118 Å². The molecule has 2 aromatic heterocycles. The van der Waals surface area contributed by atoms with Gasteiger partial charge in [0.05, 0.1) is 5.56 Å². The summed E-state index contributed by atoms with van der Waals surface area (Å²) >= 11 is 0. The van der Waals surface area contributed by atoms with Crippen molar-refractivity contribution in [1.82, 2.24) is 25.3 Å². The monoisotopic (exact) mass is 257 g/mol. The van der Waals surface area contributed by atoms with Gasteiger partial charge in [-0.3, -0.25) is 5.10 Å². The maximum Gasteiger partial charge on any atom is 0.335 e. The normalized spacial score (nSPS) is 10.5. The molecule has 0 unspecified atom stereocenters. The summed E-state index contributed by atoms with van der Waals surface area (Å²) in [5.41, 5.74) is 0.676. The van der Waals surface area contributed by atoms with E-state index in [2.05, 4.69) is 25.3 Å². The number of carbonyl (C=O) groups is 1. The smallest absolute Gasteiger partial charge is 0.335 e. The van der Waals surface area contributed by atoms with E-state index >= 15 is 0 Å². The fraction of sp³-hybridized carbons (Fsp3) is 0. The number of aromatic nitrogens is 5. The molecule has 1 aromatic carbocycles. The van der Waals surface area contributed by atoms with E-state index in [4.69, 9.17) is 9.63 Å². The number of nitrogens with one attached hydrogen (secondary N) is 1. The van der Waals surface area contributed by atoms with E-state index in [1.807, 2.05) is 0 Å². The van der Waals surface area contributed by atoms with Crippen LogP contribution in [0.5, 0.6) is 0 Å². The predicted molar refractivity (Wildman–Crippen MR) is 62.1 cm³/mol. The van der Waals surface area contributed by atoms with Crippen LogP contribution >= 0.6 is 0 Å². The molecule has 8 nitrogen and oxygen atoms in total. The van der Waals surface area contributed by atoms with Crippen LogP contribution in [0.15, 0.2) is 35.1 Å². The minimum absolute atomic E-state index is 0.150. The van der Waals surface area contributed by atoms with Crippen molar-refractivity contribution in [2.45, 2.75) is 0 Å². The van der Waals surface area contributed by atoms with Crippen molar-refractivity contribution in [3.8, 4) is 23.1 Å². The molecule has 3 rings (SSSR count). The van der Waals surface area contributed by atoms with E-state index in [-0.39, 0.29) is 17.3 Å². The highest BCUT2D eigenvalue weighted by Crippen LogP contribution is 2.20. The summed E-state index contributed by atoms with van der Waals surface area (Å²) in [4.78, 5) is 18.9. The average molecular weight is 257 g/mol. The zero-order valence-corrected chi connectivity index (χ0v) is 9.44. The Morgan fingerprint density at radius 1 is 1.37 bits per heavy atom. The summed E-state index contributed by atoms with van der Waals surface area (Å²) in [6.45, 7) is 0. The fourth-order valence-electron chi connectivity index (χ4n) is 1.54. The lowest BCUT2D eigenvalue weighted by Gasteiger charge is -1.96. The Labute approximate surface area is 106 Å². The van der Waals surface area contributed by atoms with Crippen LogP contribution in [0.25, 0.3) is 23.1 Å². The van der Waals surface area contributed by atoms with Gasteiger partial charge < -0.3 is 9.63 Å². The SMILES string of the molecule is O=C(O)c1cccc(-c2nc(-c3ncn[nH]3)no2)c1. The summed E-state index contributed by atoms with van der Waals surface area (Å²) in [6, 6.07) is 6.24. The van der Waals surface area contributed by atoms with Gasteiger partial charge in [0.1, 0.15) is 6.33 Å². The molecule has 3 aromatic rings. The van der Waals surface area contributed by atoms with Gasteiger partial charge in [0.25, 0.3) is 5.89 Å².